The van der Waals surface area contributed by atoms with Crippen molar-refractivity contribution in [2.45, 2.75) is 50.6 Å². The number of hydrogen-bond donors (Lipinski definition) is 0. The van der Waals surface area contributed by atoms with Gasteiger partial charge in [-0.1, -0.05) is 23.7 Å². The monoisotopic (exact) mass is 370 g/mol. The van der Waals surface area contributed by atoms with Crippen LogP contribution in [0, 0.1) is 11.8 Å². The Morgan fingerprint density at radius 3 is 2.62 bits per heavy atom. The normalized spacial score (nSPS) is 36.0. The number of fused-ring (bicyclic) bond motifs is 2. The van der Waals surface area contributed by atoms with E-state index in [0.29, 0.717) is 17.9 Å². The first kappa shape index (κ1) is 16.8. The molecule has 26 heavy (non-hydrogen) atoms. The van der Waals surface area contributed by atoms with Crippen LogP contribution in [0.2, 0.25) is 5.02 Å². The number of halogens is 1. The molecule has 0 radical (unpaired) electrons. The Bertz CT molecular complexity index is 726. The first-order valence-corrected chi connectivity index (χ1v) is 10.6. The lowest BCUT2D eigenvalue weighted by atomic mass is 9.67. The van der Waals surface area contributed by atoms with Crippen molar-refractivity contribution < 1.29 is 4.79 Å². The third-order valence-corrected chi connectivity index (χ3v) is 7.38. The highest BCUT2D eigenvalue weighted by Crippen LogP contribution is 2.45. The van der Waals surface area contributed by atoms with Crippen LogP contribution in [0.5, 0.6) is 0 Å². The van der Waals surface area contributed by atoms with E-state index in [1.54, 1.807) is 0 Å². The Labute approximate surface area is 161 Å². The van der Waals surface area contributed by atoms with Crippen LogP contribution < -0.4 is 0 Å². The van der Waals surface area contributed by atoms with E-state index < -0.39 is 0 Å². The maximum Gasteiger partial charge on any atom is 0.250 e. The fourth-order valence-electron chi connectivity index (χ4n) is 6.09. The van der Waals surface area contributed by atoms with Crippen LogP contribution in [-0.2, 0) is 4.79 Å². The minimum Gasteiger partial charge on any atom is -0.335 e. The molecule has 0 N–H and O–H groups in total. The highest BCUT2D eigenvalue weighted by molar-refractivity contribution is 6.30. The lowest BCUT2D eigenvalue weighted by molar-refractivity contribution is -0.145. The molecule has 0 aromatic heterocycles. The molecule has 4 aliphatic rings. The topological polar surface area (TPSA) is 23.6 Å². The van der Waals surface area contributed by atoms with Crippen LogP contribution in [0.25, 0.3) is 6.08 Å². The van der Waals surface area contributed by atoms with Gasteiger partial charge in [-0.15, -0.1) is 0 Å². The van der Waals surface area contributed by atoms with Gasteiger partial charge < -0.3 is 4.90 Å². The summed E-state index contributed by atoms with van der Waals surface area (Å²) in [5, 5.41) is 0.739. The average Bonchev–Trinajstić information content (AvgIpc) is 2.67. The second kappa shape index (κ2) is 6.69. The molecule has 0 spiro atoms. The summed E-state index contributed by atoms with van der Waals surface area (Å²) in [6.45, 7) is 3.53. The van der Waals surface area contributed by atoms with Crippen LogP contribution in [-0.4, -0.2) is 47.4 Å². The van der Waals surface area contributed by atoms with Crippen molar-refractivity contribution in [3.63, 3.8) is 0 Å². The molecular weight excluding hydrogens is 344 g/mol. The van der Waals surface area contributed by atoms with Crippen molar-refractivity contribution in [2.24, 2.45) is 11.8 Å². The molecule has 4 atom stereocenters. The highest BCUT2D eigenvalue weighted by atomic mass is 35.5. The van der Waals surface area contributed by atoms with Crippen LogP contribution in [0.3, 0.4) is 0 Å². The Balaban J connectivity index is 1.41. The summed E-state index contributed by atoms with van der Waals surface area (Å²) in [5.74, 6) is 1.67. The summed E-state index contributed by atoms with van der Waals surface area (Å²) < 4.78 is 0. The number of carbonyl (C=O) groups is 1. The van der Waals surface area contributed by atoms with Gasteiger partial charge in [-0.05, 0) is 87.2 Å². The third kappa shape index (κ3) is 2.80. The standard InChI is InChI=1S/C22H27ClN2O/c23-18-8-5-15(6-9-18)13-16-7-10-20-19-4-2-12-24-11-1-3-17(21(19)24)14-25(20)22(16)26/h5-6,8-9,13,17,19-21H,1-4,7,10-12,14H2/b16-13+. The van der Waals surface area contributed by atoms with Gasteiger partial charge in [0, 0.05) is 29.2 Å². The van der Waals surface area contributed by atoms with E-state index in [1.165, 1.54) is 38.8 Å². The predicted molar refractivity (Wildman–Crippen MR) is 105 cm³/mol. The zero-order valence-corrected chi connectivity index (χ0v) is 16.0. The molecule has 1 aromatic carbocycles. The van der Waals surface area contributed by atoms with E-state index in [1.807, 2.05) is 24.3 Å². The van der Waals surface area contributed by atoms with Crippen molar-refractivity contribution in [1.29, 1.82) is 0 Å². The number of carbonyl (C=O) groups excluding carboxylic acids is 1. The largest absolute Gasteiger partial charge is 0.335 e. The molecule has 4 heteroatoms. The van der Waals surface area contributed by atoms with Crippen LogP contribution in [0.4, 0.5) is 0 Å². The smallest absolute Gasteiger partial charge is 0.250 e. The fraction of sp³-hybridized carbons (Fsp3) is 0.591. The van der Waals surface area contributed by atoms with Crippen molar-refractivity contribution >= 4 is 23.6 Å². The zero-order chi connectivity index (χ0) is 17.7. The van der Waals surface area contributed by atoms with Crippen LogP contribution in [0.1, 0.15) is 44.1 Å². The van der Waals surface area contributed by atoms with Crippen molar-refractivity contribution in [3.05, 3.63) is 40.4 Å². The zero-order valence-electron chi connectivity index (χ0n) is 15.2. The molecule has 0 bridgehead atoms. The summed E-state index contributed by atoms with van der Waals surface area (Å²) in [4.78, 5) is 18.3. The maximum atomic E-state index is 13.3. The molecule has 4 unspecified atom stereocenters. The summed E-state index contributed by atoms with van der Waals surface area (Å²) in [6.07, 6.45) is 9.33. The van der Waals surface area contributed by atoms with Gasteiger partial charge in [0.25, 0.3) is 0 Å². The summed E-state index contributed by atoms with van der Waals surface area (Å²) in [7, 11) is 0. The second-order valence-electron chi connectivity index (χ2n) is 8.52. The van der Waals surface area contributed by atoms with E-state index in [9.17, 15) is 4.79 Å². The molecule has 1 aromatic rings. The van der Waals surface area contributed by atoms with Crippen LogP contribution in [0.15, 0.2) is 29.8 Å². The Hall–Kier alpha value is -1.32. The molecule has 0 saturated carbocycles. The van der Waals surface area contributed by atoms with Gasteiger partial charge in [-0.3, -0.25) is 9.69 Å². The first-order valence-electron chi connectivity index (χ1n) is 10.2. The molecule has 0 aliphatic carbocycles. The van der Waals surface area contributed by atoms with E-state index in [2.05, 4.69) is 15.9 Å². The van der Waals surface area contributed by atoms with Gasteiger partial charge in [0.2, 0.25) is 5.91 Å². The van der Waals surface area contributed by atoms with E-state index in [0.717, 1.165) is 41.6 Å². The Morgan fingerprint density at radius 2 is 1.81 bits per heavy atom. The minimum absolute atomic E-state index is 0.289. The summed E-state index contributed by atoms with van der Waals surface area (Å²) in [6, 6.07) is 9.00. The first-order chi connectivity index (χ1) is 12.7. The predicted octanol–water partition coefficient (Wildman–Crippen LogP) is 4.22. The van der Waals surface area contributed by atoms with Gasteiger partial charge in [0.15, 0.2) is 0 Å². The molecule has 4 heterocycles. The average molecular weight is 371 g/mol. The molecule has 4 saturated heterocycles. The van der Waals surface area contributed by atoms with Gasteiger partial charge in [-0.25, -0.2) is 0 Å². The van der Waals surface area contributed by atoms with Crippen molar-refractivity contribution in [3.8, 4) is 0 Å². The summed E-state index contributed by atoms with van der Waals surface area (Å²) >= 11 is 5.99. The van der Waals surface area contributed by atoms with Gasteiger partial charge in [-0.2, -0.15) is 0 Å². The third-order valence-electron chi connectivity index (χ3n) is 7.13. The van der Waals surface area contributed by atoms with E-state index >= 15 is 0 Å². The van der Waals surface area contributed by atoms with Crippen molar-refractivity contribution in [1.82, 2.24) is 9.80 Å². The molecule has 138 valence electrons. The molecular formula is C22H27ClN2O. The van der Waals surface area contributed by atoms with Gasteiger partial charge in [0.05, 0.1) is 0 Å². The number of amides is 1. The maximum absolute atomic E-state index is 13.3. The number of piperidine rings is 4. The lowest BCUT2D eigenvalue weighted by Crippen LogP contribution is -2.66. The van der Waals surface area contributed by atoms with Gasteiger partial charge >= 0.3 is 0 Å². The summed E-state index contributed by atoms with van der Waals surface area (Å²) in [5.41, 5.74) is 2.05. The van der Waals surface area contributed by atoms with Gasteiger partial charge in [0.1, 0.15) is 0 Å². The molecule has 3 nitrogen and oxygen atoms in total. The van der Waals surface area contributed by atoms with E-state index in [4.69, 9.17) is 11.6 Å². The lowest BCUT2D eigenvalue weighted by Gasteiger charge is -2.58. The number of benzene rings is 1. The minimum atomic E-state index is 0.289. The molecule has 4 aliphatic heterocycles. The number of rotatable bonds is 1. The van der Waals surface area contributed by atoms with Crippen LogP contribution >= 0.6 is 11.6 Å². The Kier molecular flexibility index (Phi) is 4.33. The fourth-order valence-corrected chi connectivity index (χ4v) is 6.21. The Morgan fingerprint density at radius 1 is 1.04 bits per heavy atom. The quantitative estimate of drug-likeness (QED) is 0.691. The number of hydrogen-bond acceptors (Lipinski definition) is 2. The second-order valence-corrected chi connectivity index (χ2v) is 8.96. The van der Waals surface area contributed by atoms with E-state index in [-0.39, 0.29) is 5.91 Å². The molecule has 1 amide bonds. The molecule has 4 fully saturated rings. The SMILES string of the molecule is O=C1/C(=C/c2ccc(Cl)cc2)CCC2C3CCCN4CCCC(CN12)C34. The highest BCUT2D eigenvalue weighted by Gasteiger charge is 2.51. The number of nitrogens with zero attached hydrogens (tertiary/aromatic N) is 2. The van der Waals surface area contributed by atoms with Crippen molar-refractivity contribution in [2.75, 3.05) is 19.6 Å². The molecule has 5 rings (SSSR count).